The van der Waals surface area contributed by atoms with E-state index in [1.165, 1.54) is 0 Å². The van der Waals surface area contributed by atoms with Crippen molar-refractivity contribution < 1.29 is 0 Å². The summed E-state index contributed by atoms with van der Waals surface area (Å²) >= 11 is 6.54. The van der Waals surface area contributed by atoms with Crippen molar-refractivity contribution in [3.05, 3.63) is 21.1 Å². The monoisotopic (exact) mass is 336 g/mol. The normalized spacial score (nSPS) is 8.17. The molecule has 2 nitrogen and oxygen atoms in total. The van der Waals surface area contributed by atoms with Crippen LogP contribution in [0.1, 0.15) is 0 Å². The molecule has 0 aliphatic heterocycles. The number of nitrogens with two attached hydrogens (primary N) is 2. The quantitative estimate of drug-likeness (QED) is 0.714. The highest BCUT2D eigenvalue weighted by molar-refractivity contribution is 9.11. The van der Waals surface area contributed by atoms with Crippen LogP contribution in [0.15, 0.2) is 21.1 Å². The molecule has 1 rings (SSSR count). The fourth-order valence-electron chi connectivity index (χ4n) is 0.605. The zero-order chi connectivity index (χ0) is 7.72. The molecule has 0 atom stereocenters. The molecule has 0 radical (unpaired) electrons. The third-order valence-electron chi connectivity index (χ3n) is 1.13. The van der Waals surface area contributed by atoms with Crippen LogP contribution in [0.25, 0.3) is 0 Å². The summed E-state index contributed by atoms with van der Waals surface area (Å²) in [6.07, 6.45) is 0. The second-order valence-electron chi connectivity index (χ2n) is 1.89. The van der Waals surface area contributed by atoms with Crippen LogP contribution in [0.5, 0.6) is 0 Å². The van der Waals surface area contributed by atoms with Crippen LogP contribution in [-0.2, 0) is 0 Å². The Hall–Kier alpha value is 0.360. The van der Waals surface area contributed by atoms with Crippen molar-refractivity contribution in [2.75, 3.05) is 11.5 Å². The Labute approximate surface area is 100 Å². The molecule has 0 aliphatic rings. The predicted molar refractivity (Wildman–Crippen MR) is 65.2 cm³/mol. The summed E-state index contributed by atoms with van der Waals surface area (Å²) in [6.45, 7) is 0. The van der Waals surface area contributed by atoms with Crippen LogP contribution in [0.4, 0.5) is 11.4 Å². The minimum absolute atomic E-state index is 0. The van der Waals surface area contributed by atoms with Gasteiger partial charge >= 0.3 is 0 Å². The van der Waals surface area contributed by atoms with Gasteiger partial charge in [-0.05, 0) is 28.1 Å². The molecule has 12 heavy (non-hydrogen) atoms. The van der Waals surface area contributed by atoms with Gasteiger partial charge in [-0.15, -0.1) is 24.8 Å². The van der Waals surface area contributed by atoms with E-state index in [4.69, 9.17) is 11.5 Å². The fourth-order valence-corrected chi connectivity index (χ4v) is 1.86. The van der Waals surface area contributed by atoms with Gasteiger partial charge < -0.3 is 11.5 Å². The number of benzene rings is 1. The van der Waals surface area contributed by atoms with Crippen LogP contribution in [0.2, 0.25) is 0 Å². The number of hydrogen-bond acceptors (Lipinski definition) is 2. The number of halogens is 4. The van der Waals surface area contributed by atoms with Gasteiger partial charge in [0.25, 0.3) is 0 Å². The van der Waals surface area contributed by atoms with E-state index in [9.17, 15) is 0 Å². The average molecular weight is 339 g/mol. The largest absolute Gasteiger partial charge is 0.397 e. The molecule has 0 spiro atoms. The molecule has 0 unspecified atom stereocenters. The van der Waals surface area contributed by atoms with Crippen molar-refractivity contribution in [3.8, 4) is 0 Å². The van der Waals surface area contributed by atoms with E-state index in [2.05, 4.69) is 31.9 Å². The number of hydrogen-bond donors (Lipinski definition) is 2. The van der Waals surface area contributed by atoms with Gasteiger partial charge in [-0.1, -0.05) is 15.9 Å². The molecule has 0 aromatic heterocycles. The van der Waals surface area contributed by atoms with Gasteiger partial charge in [0.05, 0.1) is 11.4 Å². The molecule has 0 saturated heterocycles. The highest BCUT2D eigenvalue weighted by atomic mass is 79.9. The molecule has 6 heteroatoms. The Kier molecular flexibility index (Phi) is 7.32. The van der Waals surface area contributed by atoms with Crippen molar-refractivity contribution in [1.82, 2.24) is 0 Å². The molecule has 4 N–H and O–H groups in total. The topological polar surface area (TPSA) is 52.0 Å². The van der Waals surface area contributed by atoms with Crippen molar-refractivity contribution in [3.63, 3.8) is 0 Å². The van der Waals surface area contributed by atoms with E-state index in [1.807, 2.05) is 6.07 Å². The molecule has 0 bridgehead atoms. The van der Waals surface area contributed by atoms with Crippen LogP contribution >= 0.6 is 56.7 Å². The number of nitrogen functional groups attached to an aromatic ring is 2. The molecule has 0 aliphatic carbocycles. The van der Waals surface area contributed by atoms with Gasteiger partial charge in [0.15, 0.2) is 0 Å². The summed E-state index contributed by atoms with van der Waals surface area (Å²) in [6, 6.07) is 3.62. The summed E-state index contributed by atoms with van der Waals surface area (Å²) < 4.78 is 1.74. The molecule has 1 aromatic rings. The minimum Gasteiger partial charge on any atom is -0.397 e. The fraction of sp³-hybridized carbons (Fsp3) is 0. The number of rotatable bonds is 0. The van der Waals surface area contributed by atoms with E-state index in [-0.39, 0.29) is 24.8 Å². The third-order valence-corrected chi connectivity index (χ3v) is 2.24. The minimum atomic E-state index is 0. The lowest BCUT2D eigenvalue weighted by Gasteiger charge is -2.02. The second-order valence-corrected chi connectivity index (χ2v) is 3.66. The smallest absolute Gasteiger partial charge is 0.0692 e. The van der Waals surface area contributed by atoms with Gasteiger partial charge in [-0.25, -0.2) is 0 Å². The van der Waals surface area contributed by atoms with Crippen LogP contribution in [-0.4, -0.2) is 0 Å². The Morgan fingerprint density at radius 1 is 1.00 bits per heavy atom. The molecule has 0 heterocycles. The van der Waals surface area contributed by atoms with E-state index in [1.54, 1.807) is 6.07 Å². The second kappa shape index (κ2) is 5.91. The lowest BCUT2D eigenvalue weighted by molar-refractivity contribution is 1.58. The van der Waals surface area contributed by atoms with Crippen molar-refractivity contribution in [2.45, 2.75) is 0 Å². The Morgan fingerprint density at radius 2 is 1.50 bits per heavy atom. The maximum absolute atomic E-state index is 5.56. The van der Waals surface area contributed by atoms with Crippen LogP contribution < -0.4 is 11.5 Å². The molecule has 1 aromatic carbocycles. The van der Waals surface area contributed by atoms with Gasteiger partial charge in [0.2, 0.25) is 0 Å². The van der Waals surface area contributed by atoms with Crippen LogP contribution in [0.3, 0.4) is 0 Å². The zero-order valence-electron chi connectivity index (χ0n) is 5.88. The third kappa shape index (κ3) is 3.39. The Bertz CT molecular complexity index is 245. The lowest BCUT2D eigenvalue weighted by atomic mass is 10.3. The summed E-state index contributed by atoms with van der Waals surface area (Å²) in [5, 5.41) is 0. The Morgan fingerprint density at radius 3 is 1.92 bits per heavy atom. The van der Waals surface area contributed by atoms with Gasteiger partial charge in [-0.2, -0.15) is 0 Å². The van der Waals surface area contributed by atoms with Gasteiger partial charge in [0.1, 0.15) is 0 Å². The van der Waals surface area contributed by atoms with Crippen molar-refractivity contribution in [2.24, 2.45) is 0 Å². The van der Waals surface area contributed by atoms with Gasteiger partial charge in [-0.3, -0.25) is 0 Å². The predicted octanol–water partition coefficient (Wildman–Crippen LogP) is 3.22. The lowest BCUT2D eigenvalue weighted by Crippen LogP contribution is -1.94. The Balaban J connectivity index is 0. The van der Waals surface area contributed by atoms with Crippen molar-refractivity contribution >= 4 is 68.0 Å². The van der Waals surface area contributed by atoms with Crippen molar-refractivity contribution in [1.29, 1.82) is 0 Å². The highest BCUT2D eigenvalue weighted by Crippen LogP contribution is 2.29. The highest BCUT2D eigenvalue weighted by Gasteiger charge is 2.00. The van der Waals surface area contributed by atoms with Crippen LogP contribution in [0, 0.1) is 0 Å². The first-order chi connectivity index (χ1) is 4.61. The van der Waals surface area contributed by atoms with Gasteiger partial charge in [0, 0.05) is 8.95 Å². The molecule has 0 amide bonds. The van der Waals surface area contributed by atoms with E-state index < -0.39 is 0 Å². The first-order valence-electron chi connectivity index (χ1n) is 2.61. The SMILES string of the molecule is Cl.Cl.Nc1cc(Br)cc(Br)c1N. The van der Waals surface area contributed by atoms with E-state index in [0.29, 0.717) is 11.4 Å². The molecular weight excluding hydrogens is 331 g/mol. The molecular formula is C6H8Br2Cl2N2. The number of anilines is 2. The summed E-state index contributed by atoms with van der Waals surface area (Å²) in [7, 11) is 0. The first-order valence-corrected chi connectivity index (χ1v) is 4.20. The first kappa shape index (κ1) is 14.9. The van der Waals surface area contributed by atoms with E-state index >= 15 is 0 Å². The zero-order valence-corrected chi connectivity index (χ0v) is 10.7. The standard InChI is InChI=1S/C6H6Br2N2.2ClH/c7-3-1-4(8)6(10)5(9)2-3;;/h1-2H,9-10H2;2*1H. The summed E-state index contributed by atoms with van der Waals surface area (Å²) in [5.41, 5.74) is 12.3. The summed E-state index contributed by atoms with van der Waals surface area (Å²) in [4.78, 5) is 0. The molecule has 0 saturated carbocycles. The molecule has 0 fully saturated rings. The average Bonchev–Trinajstić information content (AvgIpc) is 1.82. The molecule has 70 valence electrons. The van der Waals surface area contributed by atoms with E-state index in [0.717, 1.165) is 8.95 Å². The maximum Gasteiger partial charge on any atom is 0.0692 e. The summed E-state index contributed by atoms with van der Waals surface area (Å²) in [5.74, 6) is 0. The maximum atomic E-state index is 5.56.